The van der Waals surface area contributed by atoms with Gasteiger partial charge in [-0.1, -0.05) is 39.7 Å². The zero-order valence-electron chi connectivity index (χ0n) is 12.8. The highest BCUT2D eigenvalue weighted by Gasteiger charge is 2.07. The van der Waals surface area contributed by atoms with Crippen molar-refractivity contribution in [3.05, 3.63) is 69.4 Å². The molecular formula is C17H13BrClFN2O3. The van der Waals surface area contributed by atoms with Gasteiger partial charge < -0.3 is 4.74 Å². The van der Waals surface area contributed by atoms with E-state index in [0.717, 1.165) is 4.47 Å². The minimum Gasteiger partial charge on any atom is -0.482 e. The van der Waals surface area contributed by atoms with Crippen molar-refractivity contribution < 1.29 is 18.7 Å². The molecule has 8 heteroatoms. The number of hydrazine groups is 1. The van der Waals surface area contributed by atoms with Crippen molar-refractivity contribution >= 4 is 45.4 Å². The molecule has 0 saturated carbocycles. The molecule has 0 atom stereocenters. The number of hydrogen-bond donors (Lipinski definition) is 2. The van der Waals surface area contributed by atoms with E-state index in [4.69, 9.17) is 16.3 Å². The van der Waals surface area contributed by atoms with Gasteiger partial charge in [-0.15, -0.1) is 0 Å². The highest BCUT2D eigenvalue weighted by molar-refractivity contribution is 9.10. The molecule has 5 nitrogen and oxygen atoms in total. The van der Waals surface area contributed by atoms with Crippen LogP contribution in [0.25, 0.3) is 6.08 Å². The Morgan fingerprint density at radius 1 is 1.16 bits per heavy atom. The van der Waals surface area contributed by atoms with Gasteiger partial charge in [0.1, 0.15) is 11.6 Å². The largest absolute Gasteiger partial charge is 0.482 e. The number of halogens is 3. The molecule has 0 heterocycles. The highest BCUT2D eigenvalue weighted by atomic mass is 79.9. The van der Waals surface area contributed by atoms with E-state index >= 15 is 0 Å². The van der Waals surface area contributed by atoms with Gasteiger partial charge in [-0.05, 0) is 42.0 Å². The van der Waals surface area contributed by atoms with Crippen LogP contribution in [-0.4, -0.2) is 18.4 Å². The minimum atomic E-state index is -0.553. The number of rotatable bonds is 5. The summed E-state index contributed by atoms with van der Waals surface area (Å²) >= 11 is 9.22. The lowest BCUT2D eigenvalue weighted by molar-refractivity contribution is -0.128. The first-order chi connectivity index (χ1) is 11.9. The van der Waals surface area contributed by atoms with Crippen LogP contribution < -0.4 is 15.6 Å². The fourth-order valence-corrected chi connectivity index (χ4v) is 2.42. The summed E-state index contributed by atoms with van der Waals surface area (Å²) in [6.45, 7) is -0.316. The fraction of sp³-hybridized carbons (Fsp3) is 0.0588. The van der Waals surface area contributed by atoms with Gasteiger partial charge in [0.15, 0.2) is 6.61 Å². The summed E-state index contributed by atoms with van der Waals surface area (Å²) in [5, 5.41) is 0.355. The summed E-state index contributed by atoms with van der Waals surface area (Å²) in [4.78, 5) is 23.2. The predicted molar refractivity (Wildman–Crippen MR) is 96.4 cm³/mol. The maximum Gasteiger partial charge on any atom is 0.276 e. The Morgan fingerprint density at radius 2 is 1.88 bits per heavy atom. The lowest BCUT2D eigenvalue weighted by Crippen LogP contribution is -2.43. The molecule has 2 rings (SSSR count). The Bertz CT molecular complexity index is 797. The Labute approximate surface area is 156 Å². The molecule has 130 valence electrons. The topological polar surface area (TPSA) is 67.4 Å². The number of carbonyl (C=O) groups is 2. The molecule has 2 aromatic carbocycles. The van der Waals surface area contributed by atoms with Gasteiger partial charge in [-0.3, -0.25) is 20.4 Å². The summed E-state index contributed by atoms with van der Waals surface area (Å²) in [6, 6.07) is 10.6. The lowest BCUT2D eigenvalue weighted by Gasteiger charge is -2.09. The number of carbonyl (C=O) groups excluding carboxylic acids is 2. The molecule has 0 unspecified atom stereocenters. The standard InChI is InChI=1S/C17H13BrClFN2O3/c18-12-4-7-15(14(19)9-12)25-10-17(24)22-21-16(23)8-3-11-1-5-13(20)6-2-11/h1-9H,10H2,(H,21,23)(H,22,24)/b8-3+. The molecule has 0 aliphatic rings. The number of benzene rings is 2. The van der Waals surface area contributed by atoms with E-state index in [1.165, 1.54) is 36.4 Å². The van der Waals surface area contributed by atoms with Crippen molar-refractivity contribution in [3.63, 3.8) is 0 Å². The van der Waals surface area contributed by atoms with E-state index in [1.54, 1.807) is 18.2 Å². The molecule has 2 amide bonds. The monoisotopic (exact) mass is 426 g/mol. The van der Waals surface area contributed by atoms with E-state index < -0.39 is 11.8 Å². The third kappa shape index (κ3) is 6.56. The number of ether oxygens (including phenoxy) is 1. The lowest BCUT2D eigenvalue weighted by atomic mass is 10.2. The van der Waals surface area contributed by atoms with Crippen LogP contribution >= 0.6 is 27.5 Å². The maximum absolute atomic E-state index is 12.8. The van der Waals surface area contributed by atoms with Crippen LogP contribution in [0, 0.1) is 5.82 Å². The van der Waals surface area contributed by atoms with Crippen LogP contribution in [0.4, 0.5) is 4.39 Å². The van der Waals surface area contributed by atoms with E-state index in [9.17, 15) is 14.0 Å². The Kier molecular flexibility index (Phi) is 6.97. The Hall–Kier alpha value is -2.38. The van der Waals surface area contributed by atoms with Crippen molar-refractivity contribution in [1.29, 1.82) is 0 Å². The van der Waals surface area contributed by atoms with Crippen LogP contribution in [0.15, 0.2) is 53.0 Å². The van der Waals surface area contributed by atoms with E-state index in [-0.39, 0.29) is 12.4 Å². The predicted octanol–water partition coefficient (Wildman–Crippen LogP) is 3.48. The van der Waals surface area contributed by atoms with Crippen LogP contribution in [0.2, 0.25) is 5.02 Å². The Balaban J connectivity index is 1.75. The first kappa shape index (κ1) is 19.0. The summed E-state index contributed by atoms with van der Waals surface area (Å²) in [6.07, 6.45) is 2.69. The zero-order chi connectivity index (χ0) is 18.2. The maximum atomic E-state index is 12.8. The fourth-order valence-electron chi connectivity index (χ4n) is 1.69. The van der Waals surface area contributed by atoms with Gasteiger partial charge in [-0.25, -0.2) is 4.39 Å². The molecule has 0 spiro atoms. The van der Waals surface area contributed by atoms with Crippen molar-refractivity contribution in [2.75, 3.05) is 6.61 Å². The molecule has 0 aliphatic heterocycles. The van der Waals surface area contributed by atoms with E-state index in [1.807, 2.05) is 0 Å². The van der Waals surface area contributed by atoms with Crippen molar-refractivity contribution in [3.8, 4) is 5.75 Å². The average molecular weight is 428 g/mol. The van der Waals surface area contributed by atoms with Gasteiger partial charge in [0.2, 0.25) is 0 Å². The average Bonchev–Trinajstić information content (AvgIpc) is 2.58. The Morgan fingerprint density at radius 3 is 2.56 bits per heavy atom. The van der Waals surface area contributed by atoms with Crippen LogP contribution in [0.3, 0.4) is 0 Å². The first-order valence-corrected chi connectivity index (χ1v) is 8.21. The second-order valence-corrected chi connectivity index (χ2v) is 6.11. The summed E-state index contributed by atoms with van der Waals surface area (Å²) in [5.74, 6) is -1.11. The zero-order valence-corrected chi connectivity index (χ0v) is 15.1. The second-order valence-electron chi connectivity index (χ2n) is 4.79. The molecule has 0 radical (unpaired) electrons. The summed E-state index contributed by atoms with van der Waals surface area (Å²) in [7, 11) is 0. The van der Waals surface area contributed by atoms with Crippen LogP contribution in [0.1, 0.15) is 5.56 Å². The third-order valence-electron chi connectivity index (χ3n) is 2.87. The molecule has 0 saturated heterocycles. The normalized spacial score (nSPS) is 10.5. The number of hydrogen-bond acceptors (Lipinski definition) is 3. The minimum absolute atomic E-state index is 0.316. The quantitative estimate of drug-likeness (QED) is 0.567. The van der Waals surface area contributed by atoms with E-state index in [0.29, 0.717) is 16.3 Å². The van der Waals surface area contributed by atoms with Gasteiger partial charge in [0.25, 0.3) is 11.8 Å². The summed E-state index contributed by atoms with van der Waals surface area (Å²) < 4.78 is 18.8. The summed E-state index contributed by atoms with van der Waals surface area (Å²) in [5.41, 5.74) is 5.06. The van der Waals surface area contributed by atoms with Crippen LogP contribution in [-0.2, 0) is 9.59 Å². The highest BCUT2D eigenvalue weighted by Crippen LogP contribution is 2.27. The van der Waals surface area contributed by atoms with Crippen molar-refractivity contribution in [2.45, 2.75) is 0 Å². The van der Waals surface area contributed by atoms with Gasteiger partial charge in [0.05, 0.1) is 5.02 Å². The third-order valence-corrected chi connectivity index (χ3v) is 3.66. The first-order valence-electron chi connectivity index (χ1n) is 7.04. The molecule has 2 aromatic rings. The number of nitrogens with one attached hydrogen (secondary N) is 2. The van der Waals surface area contributed by atoms with Gasteiger partial charge in [-0.2, -0.15) is 0 Å². The van der Waals surface area contributed by atoms with Crippen molar-refractivity contribution in [2.24, 2.45) is 0 Å². The molecular weight excluding hydrogens is 415 g/mol. The molecule has 25 heavy (non-hydrogen) atoms. The SMILES string of the molecule is O=C(/C=C/c1ccc(F)cc1)NNC(=O)COc1ccc(Br)cc1Cl. The molecule has 0 bridgehead atoms. The van der Waals surface area contributed by atoms with Gasteiger partial charge >= 0.3 is 0 Å². The molecule has 0 fully saturated rings. The smallest absolute Gasteiger partial charge is 0.276 e. The van der Waals surface area contributed by atoms with Crippen molar-refractivity contribution in [1.82, 2.24) is 10.9 Å². The second kappa shape index (κ2) is 9.19. The molecule has 0 aromatic heterocycles. The van der Waals surface area contributed by atoms with Gasteiger partial charge in [0, 0.05) is 10.5 Å². The number of amides is 2. The molecule has 0 aliphatic carbocycles. The molecule has 2 N–H and O–H groups in total. The van der Waals surface area contributed by atoms with E-state index in [2.05, 4.69) is 26.8 Å². The van der Waals surface area contributed by atoms with Crippen LogP contribution in [0.5, 0.6) is 5.75 Å².